The zero-order valence-corrected chi connectivity index (χ0v) is 17.1. The van der Waals surface area contributed by atoms with Gasteiger partial charge in [-0.25, -0.2) is 27.3 Å². The number of ether oxygens (including phenoxy) is 1. The molecule has 0 radical (unpaired) electrons. The number of fused-ring (bicyclic) bond motifs is 1. The predicted molar refractivity (Wildman–Crippen MR) is 105 cm³/mol. The molecule has 1 atom stereocenters. The highest BCUT2D eigenvalue weighted by Crippen LogP contribution is 2.22. The van der Waals surface area contributed by atoms with Crippen LogP contribution < -0.4 is 10.9 Å². The number of nitrogens with one attached hydrogen (secondary N) is 1. The molecule has 10 heteroatoms. The third-order valence-electron chi connectivity index (χ3n) is 4.18. The van der Waals surface area contributed by atoms with Gasteiger partial charge < -0.3 is 10.1 Å². The van der Waals surface area contributed by atoms with Crippen molar-refractivity contribution in [3.63, 3.8) is 0 Å². The van der Waals surface area contributed by atoms with Gasteiger partial charge in [0, 0.05) is 6.07 Å². The molecule has 6 nitrogen and oxygen atoms in total. The van der Waals surface area contributed by atoms with E-state index in [1.165, 1.54) is 6.92 Å². The number of carbonyl (C=O) groups excluding carboxylic acids is 1. The number of amides is 1. The lowest BCUT2D eigenvalue weighted by Crippen LogP contribution is -2.37. The number of carbonyl (C=O) groups is 1. The maximum absolute atomic E-state index is 14.4. The normalized spacial score (nSPS) is 12.6. The first kappa shape index (κ1) is 22.3. The monoisotopic (exact) mass is 437 g/mol. The highest BCUT2D eigenvalue weighted by molar-refractivity contribution is 5.79. The van der Waals surface area contributed by atoms with Crippen LogP contribution in [0.2, 0.25) is 0 Å². The highest BCUT2D eigenvalue weighted by Gasteiger charge is 2.25. The number of rotatable bonds is 3. The van der Waals surface area contributed by atoms with E-state index in [-0.39, 0.29) is 17.0 Å². The van der Waals surface area contributed by atoms with Gasteiger partial charge in [-0.3, -0.25) is 9.36 Å². The number of halogens is 4. The van der Waals surface area contributed by atoms with E-state index in [1.54, 1.807) is 20.8 Å². The van der Waals surface area contributed by atoms with E-state index in [4.69, 9.17) is 4.74 Å². The van der Waals surface area contributed by atoms with E-state index in [9.17, 15) is 27.2 Å². The van der Waals surface area contributed by atoms with Gasteiger partial charge in [-0.1, -0.05) is 0 Å². The Morgan fingerprint density at radius 2 is 1.71 bits per heavy atom. The summed E-state index contributed by atoms with van der Waals surface area (Å²) >= 11 is 0. The quantitative estimate of drug-likeness (QED) is 0.612. The number of hydrogen-bond acceptors (Lipinski definition) is 4. The van der Waals surface area contributed by atoms with Gasteiger partial charge in [0.2, 0.25) is 0 Å². The molecule has 0 bridgehead atoms. The number of alkyl carbamates (subject to hydrolysis) is 1. The Hall–Kier alpha value is -3.43. The van der Waals surface area contributed by atoms with E-state index in [0.29, 0.717) is 6.07 Å². The fourth-order valence-electron chi connectivity index (χ4n) is 2.98. The Balaban J connectivity index is 2.25. The van der Waals surface area contributed by atoms with E-state index in [2.05, 4.69) is 10.3 Å². The van der Waals surface area contributed by atoms with Gasteiger partial charge >= 0.3 is 6.09 Å². The van der Waals surface area contributed by atoms with Crippen LogP contribution in [0.15, 0.2) is 35.1 Å². The lowest BCUT2D eigenvalue weighted by molar-refractivity contribution is 0.0505. The van der Waals surface area contributed by atoms with Crippen molar-refractivity contribution in [3.8, 4) is 5.69 Å². The fraction of sp³-hybridized carbons (Fsp3) is 0.286. The first-order valence-electron chi connectivity index (χ1n) is 9.24. The van der Waals surface area contributed by atoms with Crippen LogP contribution in [0.4, 0.5) is 22.4 Å². The molecule has 1 aromatic heterocycles. The van der Waals surface area contributed by atoms with E-state index in [0.717, 1.165) is 28.8 Å². The summed E-state index contributed by atoms with van der Waals surface area (Å²) in [6.45, 7) is 6.39. The standard InChI is InChI=1S/C21H19F4N3O3/c1-10(26-20(30)31-21(2,3)4)18-27-15-6-5-14(24)17(25)16(15)19(29)28(18)13-8-11(22)7-12(23)9-13/h5-10H,1-4H3,(H,26,30)/t10-/m0/s1. The van der Waals surface area contributed by atoms with Crippen LogP contribution in [0, 0.1) is 23.3 Å². The first-order valence-corrected chi connectivity index (χ1v) is 9.24. The summed E-state index contributed by atoms with van der Waals surface area (Å²) in [6.07, 6.45) is -0.836. The molecule has 1 N–H and O–H groups in total. The molecule has 0 aliphatic heterocycles. The summed E-state index contributed by atoms with van der Waals surface area (Å²) in [7, 11) is 0. The van der Waals surface area contributed by atoms with Gasteiger partial charge in [0.1, 0.15) is 28.4 Å². The lowest BCUT2D eigenvalue weighted by atomic mass is 10.2. The van der Waals surface area contributed by atoms with Crippen molar-refractivity contribution in [1.82, 2.24) is 14.9 Å². The molecule has 3 rings (SSSR count). The smallest absolute Gasteiger partial charge is 0.408 e. The molecule has 3 aromatic rings. The molecule has 1 amide bonds. The van der Waals surface area contributed by atoms with Crippen molar-refractivity contribution in [2.24, 2.45) is 0 Å². The van der Waals surface area contributed by atoms with Crippen molar-refractivity contribution in [1.29, 1.82) is 0 Å². The van der Waals surface area contributed by atoms with Gasteiger partial charge in [-0.05, 0) is 52.0 Å². The average molecular weight is 437 g/mol. The largest absolute Gasteiger partial charge is 0.444 e. The van der Waals surface area contributed by atoms with Crippen LogP contribution in [0.5, 0.6) is 0 Å². The molecule has 31 heavy (non-hydrogen) atoms. The molecule has 0 saturated carbocycles. The molecular formula is C21H19F4N3O3. The van der Waals surface area contributed by atoms with Crippen LogP contribution in [0.3, 0.4) is 0 Å². The Labute approximate surface area is 174 Å². The molecule has 0 spiro atoms. The van der Waals surface area contributed by atoms with Gasteiger partial charge in [0.15, 0.2) is 11.6 Å². The zero-order chi connectivity index (χ0) is 23.1. The zero-order valence-electron chi connectivity index (χ0n) is 17.1. The summed E-state index contributed by atoms with van der Waals surface area (Å²) in [4.78, 5) is 29.4. The van der Waals surface area contributed by atoms with Crippen LogP contribution in [0.25, 0.3) is 16.6 Å². The second kappa shape index (κ2) is 8.01. The Bertz CT molecular complexity index is 1210. The average Bonchev–Trinajstić information content (AvgIpc) is 2.61. The van der Waals surface area contributed by atoms with Crippen LogP contribution in [0.1, 0.15) is 39.6 Å². The third-order valence-corrected chi connectivity index (χ3v) is 4.18. The van der Waals surface area contributed by atoms with Gasteiger partial charge in [0.05, 0.1) is 17.2 Å². The number of nitrogens with zero attached hydrogens (tertiary/aromatic N) is 2. The van der Waals surface area contributed by atoms with E-state index in [1.807, 2.05) is 0 Å². The SMILES string of the molecule is C[C@H](NC(=O)OC(C)(C)C)c1nc2ccc(F)c(F)c2c(=O)n1-c1cc(F)cc(F)c1. The summed E-state index contributed by atoms with van der Waals surface area (Å²) in [5.41, 5.74) is -2.41. The van der Waals surface area contributed by atoms with Crippen LogP contribution in [-0.2, 0) is 4.74 Å². The van der Waals surface area contributed by atoms with Crippen molar-refractivity contribution in [2.45, 2.75) is 39.3 Å². The van der Waals surface area contributed by atoms with Gasteiger partial charge in [-0.15, -0.1) is 0 Å². The third kappa shape index (κ3) is 4.68. The fourth-order valence-corrected chi connectivity index (χ4v) is 2.98. The second-order valence-corrected chi connectivity index (χ2v) is 7.86. The van der Waals surface area contributed by atoms with Crippen molar-refractivity contribution < 1.29 is 27.1 Å². The van der Waals surface area contributed by atoms with Crippen molar-refractivity contribution >= 4 is 17.0 Å². The summed E-state index contributed by atoms with van der Waals surface area (Å²) in [6, 6.07) is 3.14. The molecular weight excluding hydrogens is 418 g/mol. The highest BCUT2D eigenvalue weighted by atomic mass is 19.2. The molecule has 2 aromatic carbocycles. The van der Waals surface area contributed by atoms with Crippen LogP contribution in [-0.4, -0.2) is 21.2 Å². The summed E-state index contributed by atoms with van der Waals surface area (Å²) < 4.78 is 61.7. The summed E-state index contributed by atoms with van der Waals surface area (Å²) in [5.74, 6) is -4.89. The van der Waals surface area contributed by atoms with Crippen LogP contribution >= 0.6 is 0 Å². The molecule has 0 saturated heterocycles. The maximum atomic E-state index is 14.4. The Morgan fingerprint density at radius 1 is 1.10 bits per heavy atom. The predicted octanol–water partition coefficient (Wildman–Crippen LogP) is 4.53. The number of hydrogen-bond donors (Lipinski definition) is 1. The van der Waals surface area contributed by atoms with E-state index < -0.39 is 52.0 Å². The Kier molecular flexibility index (Phi) is 5.75. The Morgan fingerprint density at radius 3 is 2.29 bits per heavy atom. The molecule has 0 aliphatic carbocycles. The molecule has 164 valence electrons. The minimum absolute atomic E-state index is 0.167. The van der Waals surface area contributed by atoms with Crippen molar-refractivity contribution in [2.75, 3.05) is 0 Å². The molecule has 0 fully saturated rings. The minimum Gasteiger partial charge on any atom is -0.444 e. The summed E-state index contributed by atoms with van der Waals surface area (Å²) in [5, 5.41) is 1.77. The first-order chi connectivity index (χ1) is 14.4. The number of aromatic nitrogens is 2. The van der Waals surface area contributed by atoms with Gasteiger partial charge in [0.25, 0.3) is 5.56 Å². The molecule has 1 heterocycles. The van der Waals surface area contributed by atoms with E-state index >= 15 is 0 Å². The molecule has 0 unspecified atom stereocenters. The maximum Gasteiger partial charge on any atom is 0.408 e. The molecule has 0 aliphatic rings. The second-order valence-electron chi connectivity index (χ2n) is 7.86. The number of benzene rings is 2. The van der Waals surface area contributed by atoms with Crippen molar-refractivity contribution in [3.05, 3.63) is 69.8 Å². The lowest BCUT2D eigenvalue weighted by Gasteiger charge is -2.23. The topological polar surface area (TPSA) is 73.2 Å². The minimum atomic E-state index is -1.44. The van der Waals surface area contributed by atoms with Gasteiger partial charge in [-0.2, -0.15) is 0 Å².